The average Bonchev–Trinajstić information content (AvgIpc) is 2.81. The van der Waals surface area contributed by atoms with Crippen molar-refractivity contribution in [3.63, 3.8) is 0 Å². The molecule has 0 atom stereocenters. The predicted octanol–water partition coefficient (Wildman–Crippen LogP) is 2.74. The minimum Gasteiger partial charge on any atom is -0.478 e. The fourth-order valence-electron chi connectivity index (χ4n) is 2.01. The number of rotatable bonds is 3. The first kappa shape index (κ1) is 12.4. The molecule has 0 bridgehead atoms. The molecule has 2 aromatic heterocycles. The molecule has 0 saturated carbocycles. The molecule has 0 saturated heterocycles. The number of nitrogens with two attached hydrogens (primary N) is 1. The molecule has 3 aromatic rings. The Morgan fingerprint density at radius 2 is 2.10 bits per heavy atom. The van der Waals surface area contributed by atoms with Crippen LogP contribution in [0.25, 0.3) is 22.6 Å². The molecular formula is C14H13FN4O. The van der Waals surface area contributed by atoms with E-state index in [1.807, 2.05) is 6.92 Å². The lowest BCUT2D eigenvalue weighted by Crippen LogP contribution is -1.94. The maximum atomic E-state index is 13.9. The van der Waals surface area contributed by atoms with E-state index in [4.69, 9.17) is 10.5 Å². The van der Waals surface area contributed by atoms with Crippen LogP contribution in [0, 0.1) is 5.82 Å². The zero-order valence-electron chi connectivity index (χ0n) is 10.9. The first-order valence-corrected chi connectivity index (χ1v) is 6.23. The highest BCUT2D eigenvalue weighted by atomic mass is 19.1. The van der Waals surface area contributed by atoms with Crippen molar-refractivity contribution < 1.29 is 9.13 Å². The highest BCUT2D eigenvalue weighted by molar-refractivity contribution is 5.80. The van der Waals surface area contributed by atoms with Crippen LogP contribution in [0.5, 0.6) is 5.88 Å². The van der Waals surface area contributed by atoms with Crippen LogP contribution in [0.2, 0.25) is 0 Å². The van der Waals surface area contributed by atoms with Gasteiger partial charge in [0.15, 0.2) is 5.65 Å². The van der Waals surface area contributed by atoms with Gasteiger partial charge in [0.25, 0.3) is 0 Å². The standard InChI is InChI=1S/C14H13FN4O/c1-2-20-11-7-6-10-13(18-11)19-14(17-10)12-8(15)4-3-5-9(12)16/h3-7H,2,16H2,1H3,(H,17,18,19). The number of nitrogen functional groups attached to an aromatic ring is 1. The van der Waals surface area contributed by atoms with Crippen LogP contribution in [-0.4, -0.2) is 21.6 Å². The molecule has 102 valence electrons. The summed E-state index contributed by atoms with van der Waals surface area (Å²) < 4.78 is 19.2. The van der Waals surface area contributed by atoms with Crippen molar-refractivity contribution in [1.82, 2.24) is 15.0 Å². The number of anilines is 1. The van der Waals surface area contributed by atoms with E-state index in [1.165, 1.54) is 6.07 Å². The topological polar surface area (TPSA) is 76.8 Å². The van der Waals surface area contributed by atoms with Crippen molar-refractivity contribution in [3.8, 4) is 17.3 Å². The van der Waals surface area contributed by atoms with Crippen LogP contribution >= 0.6 is 0 Å². The molecule has 3 N–H and O–H groups in total. The molecule has 3 rings (SSSR count). The van der Waals surface area contributed by atoms with Gasteiger partial charge in [0.2, 0.25) is 5.88 Å². The molecule has 0 aliphatic carbocycles. The SMILES string of the molecule is CCOc1ccc2[nH]c(-c3c(N)cccc3F)nc2n1. The van der Waals surface area contributed by atoms with Crippen LogP contribution in [-0.2, 0) is 0 Å². The third kappa shape index (κ3) is 2.05. The summed E-state index contributed by atoms with van der Waals surface area (Å²) in [7, 11) is 0. The fraction of sp³-hybridized carbons (Fsp3) is 0.143. The van der Waals surface area contributed by atoms with Crippen LogP contribution in [0.15, 0.2) is 30.3 Å². The van der Waals surface area contributed by atoms with Gasteiger partial charge in [-0.05, 0) is 25.1 Å². The van der Waals surface area contributed by atoms with E-state index in [1.54, 1.807) is 24.3 Å². The number of nitrogens with one attached hydrogen (secondary N) is 1. The Morgan fingerprint density at radius 3 is 2.85 bits per heavy atom. The predicted molar refractivity (Wildman–Crippen MR) is 74.9 cm³/mol. The van der Waals surface area contributed by atoms with Gasteiger partial charge in [-0.1, -0.05) is 6.07 Å². The normalized spacial score (nSPS) is 10.9. The summed E-state index contributed by atoms with van der Waals surface area (Å²) in [5.41, 5.74) is 7.56. The number of aromatic nitrogens is 3. The van der Waals surface area contributed by atoms with Crippen molar-refractivity contribution in [2.24, 2.45) is 0 Å². The molecule has 2 heterocycles. The maximum absolute atomic E-state index is 13.9. The molecule has 0 unspecified atom stereocenters. The monoisotopic (exact) mass is 272 g/mol. The molecule has 0 radical (unpaired) electrons. The van der Waals surface area contributed by atoms with Crippen LogP contribution in [0.1, 0.15) is 6.92 Å². The number of fused-ring (bicyclic) bond motifs is 1. The Balaban J connectivity index is 2.13. The van der Waals surface area contributed by atoms with Crippen LogP contribution < -0.4 is 10.5 Å². The maximum Gasteiger partial charge on any atom is 0.215 e. The van der Waals surface area contributed by atoms with Gasteiger partial charge in [0, 0.05) is 11.8 Å². The minimum atomic E-state index is -0.422. The van der Waals surface area contributed by atoms with Gasteiger partial charge in [0.05, 0.1) is 17.7 Å². The highest BCUT2D eigenvalue weighted by Crippen LogP contribution is 2.28. The number of hydrogen-bond donors (Lipinski definition) is 2. The number of nitrogens with zero attached hydrogens (tertiary/aromatic N) is 2. The van der Waals surface area contributed by atoms with Gasteiger partial charge >= 0.3 is 0 Å². The number of hydrogen-bond acceptors (Lipinski definition) is 4. The second kappa shape index (κ2) is 4.80. The van der Waals surface area contributed by atoms with E-state index in [9.17, 15) is 4.39 Å². The molecule has 0 fully saturated rings. The number of benzene rings is 1. The number of ether oxygens (including phenoxy) is 1. The number of pyridine rings is 1. The average molecular weight is 272 g/mol. The van der Waals surface area contributed by atoms with Crippen LogP contribution in [0.3, 0.4) is 0 Å². The van der Waals surface area contributed by atoms with Gasteiger partial charge in [0.1, 0.15) is 11.6 Å². The molecule has 1 aromatic carbocycles. The van der Waals surface area contributed by atoms with Gasteiger partial charge in [-0.15, -0.1) is 0 Å². The lowest BCUT2D eigenvalue weighted by atomic mass is 10.1. The van der Waals surface area contributed by atoms with Crippen molar-refractivity contribution in [3.05, 3.63) is 36.1 Å². The smallest absolute Gasteiger partial charge is 0.215 e. The van der Waals surface area contributed by atoms with Crippen molar-refractivity contribution in [2.45, 2.75) is 6.92 Å². The molecular weight excluding hydrogens is 259 g/mol. The molecule has 0 aliphatic rings. The van der Waals surface area contributed by atoms with Gasteiger partial charge in [-0.2, -0.15) is 4.98 Å². The Hall–Kier alpha value is -2.63. The Morgan fingerprint density at radius 1 is 1.25 bits per heavy atom. The Kier molecular flexibility index (Phi) is 2.98. The summed E-state index contributed by atoms with van der Waals surface area (Å²) in [5.74, 6) is 0.422. The summed E-state index contributed by atoms with van der Waals surface area (Å²) in [6.07, 6.45) is 0. The summed E-state index contributed by atoms with van der Waals surface area (Å²) in [4.78, 5) is 11.5. The van der Waals surface area contributed by atoms with Crippen molar-refractivity contribution in [2.75, 3.05) is 12.3 Å². The third-order valence-corrected chi connectivity index (χ3v) is 2.90. The second-order valence-electron chi connectivity index (χ2n) is 4.24. The Bertz CT molecular complexity index is 749. The quantitative estimate of drug-likeness (QED) is 0.719. The number of H-pyrrole nitrogens is 1. The van der Waals surface area contributed by atoms with Gasteiger partial charge in [-0.3, -0.25) is 0 Å². The molecule has 20 heavy (non-hydrogen) atoms. The molecule has 0 aliphatic heterocycles. The second-order valence-corrected chi connectivity index (χ2v) is 4.24. The number of aromatic amines is 1. The highest BCUT2D eigenvalue weighted by Gasteiger charge is 2.14. The van der Waals surface area contributed by atoms with E-state index < -0.39 is 5.82 Å². The molecule has 0 amide bonds. The Labute approximate surface area is 114 Å². The molecule has 0 spiro atoms. The summed E-state index contributed by atoms with van der Waals surface area (Å²) in [5, 5.41) is 0. The van der Waals surface area contributed by atoms with E-state index >= 15 is 0 Å². The van der Waals surface area contributed by atoms with Crippen molar-refractivity contribution in [1.29, 1.82) is 0 Å². The van der Waals surface area contributed by atoms with E-state index in [2.05, 4.69) is 15.0 Å². The lowest BCUT2D eigenvalue weighted by Gasteiger charge is -2.02. The summed E-state index contributed by atoms with van der Waals surface area (Å²) >= 11 is 0. The zero-order chi connectivity index (χ0) is 14.1. The fourth-order valence-corrected chi connectivity index (χ4v) is 2.01. The number of halogens is 1. The van der Waals surface area contributed by atoms with E-state index in [0.29, 0.717) is 35.2 Å². The zero-order valence-corrected chi connectivity index (χ0v) is 10.9. The summed E-state index contributed by atoms with van der Waals surface area (Å²) in [6.45, 7) is 2.40. The third-order valence-electron chi connectivity index (χ3n) is 2.90. The molecule has 6 heteroatoms. The van der Waals surface area contributed by atoms with Gasteiger partial charge in [-0.25, -0.2) is 9.37 Å². The van der Waals surface area contributed by atoms with E-state index in [-0.39, 0.29) is 5.56 Å². The first-order valence-electron chi connectivity index (χ1n) is 6.23. The molecule has 5 nitrogen and oxygen atoms in total. The van der Waals surface area contributed by atoms with E-state index in [0.717, 1.165) is 0 Å². The summed E-state index contributed by atoms with van der Waals surface area (Å²) in [6, 6.07) is 8.06. The largest absolute Gasteiger partial charge is 0.478 e. The van der Waals surface area contributed by atoms with Crippen molar-refractivity contribution >= 4 is 16.9 Å². The lowest BCUT2D eigenvalue weighted by molar-refractivity contribution is 0.328. The van der Waals surface area contributed by atoms with Crippen LogP contribution in [0.4, 0.5) is 10.1 Å². The van der Waals surface area contributed by atoms with Gasteiger partial charge < -0.3 is 15.5 Å². The number of imidazole rings is 1. The first-order chi connectivity index (χ1) is 9.69. The minimum absolute atomic E-state index is 0.253.